The van der Waals surface area contributed by atoms with Crippen LogP contribution in [-0.2, 0) is 9.59 Å². The second-order valence-corrected chi connectivity index (χ2v) is 4.19. The molecule has 1 amide bonds. The minimum absolute atomic E-state index is 0.0587. The van der Waals surface area contributed by atoms with E-state index in [1.807, 2.05) is 0 Å². The van der Waals surface area contributed by atoms with Crippen LogP contribution in [0.1, 0.15) is 25.7 Å². The molecule has 0 bridgehead atoms. The summed E-state index contributed by atoms with van der Waals surface area (Å²) in [6, 6.07) is 0. The van der Waals surface area contributed by atoms with Crippen LogP contribution in [-0.4, -0.2) is 29.4 Å². The molecular formula is C10H16ClNO3. The van der Waals surface area contributed by atoms with Crippen molar-refractivity contribution in [3.8, 4) is 0 Å². The first-order valence-electron chi connectivity index (χ1n) is 5.20. The predicted octanol–water partition coefficient (Wildman–Crippen LogP) is 1.23. The van der Waals surface area contributed by atoms with E-state index in [1.54, 1.807) is 0 Å². The molecule has 1 aliphatic carbocycles. The van der Waals surface area contributed by atoms with Gasteiger partial charge in [-0.05, 0) is 18.8 Å². The molecule has 86 valence electrons. The molecule has 1 aliphatic rings. The van der Waals surface area contributed by atoms with Gasteiger partial charge in [-0.25, -0.2) is 0 Å². The van der Waals surface area contributed by atoms with Gasteiger partial charge >= 0.3 is 5.97 Å². The summed E-state index contributed by atoms with van der Waals surface area (Å²) >= 11 is 5.34. The Labute approximate surface area is 94.0 Å². The van der Waals surface area contributed by atoms with Gasteiger partial charge in [0.15, 0.2) is 0 Å². The fourth-order valence-corrected chi connectivity index (χ4v) is 2.16. The summed E-state index contributed by atoms with van der Waals surface area (Å²) in [5.41, 5.74) is 0. The van der Waals surface area contributed by atoms with Gasteiger partial charge in [-0.15, -0.1) is 11.6 Å². The number of nitrogens with one attached hydrogen (secondary N) is 1. The van der Waals surface area contributed by atoms with Gasteiger partial charge in [0.1, 0.15) is 5.88 Å². The van der Waals surface area contributed by atoms with Crippen molar-refractivity contribution in [3.63, 3.8) is 0 Å². The molecule has 1 fully saturated rings. The maximum Gasteiger partial charge on any atom is 0.306 e. The van der Waals surface area contributed by atoms with Crippen LogP contribution in [0.4, 0.5) is 0 Å². The van der Waals surface area contributed by atoms with Crippen molar-refractivity contribution >= 4 is 23.5 Å². The van der Waals surface area contributed by atoms with Gasteiger partial charge < -0.3 is 10.4 Å². The van der Waals surface area contributed by atoms with Crippen LogP contribution in [0.3, 0.4) is 0 Å². The number of carbonyl (C=O) groups excluding carboxylic acids is 1. The molecule has 0 unspecified atom stereocenters. The SMILES string of the molecule is O=C(CCl)NC[C@@H]1CCCC[C@@H]1C(=O)O. The maximum absolute atomic E-state index is 10.9. The lowest BCUT2D eigenvalue weighted by Gasteiger charge is -2.28. The Morgan fingerprint density at radius 1 is 1.33 bits per heavy atom. The Morgan fingerprint density at radius 2 is 2.00 bits per heavy atom. The molecule has 2 atom stereocenters. The van der Waals surface area contributed by atoms with E-state index in [4.69, 9.17) is 16.7 Å². The predicted molar refractivity (Wildman–Crippen MR) is 56.8 cm³/mol. The molecule has 0 saturated heterocycles. The topological polar surface area (TPSA) is 66.4 Å². The van der Waals surface area contributed by atoms with Crippen molar-refractivity contribution in [2.24, 2.45) is 11.8 Å². The summed E-state index contributed by atoms with van der Waals surface area (Å²) in [6.07, 6.45) is 3.61. The highest BCUT2D eigenvalue weighted by Crippen LogP contribution is 2.29. The molecule has 1 rings (SSSR count). The molecule has 0 spiro atoms. The molecular weight excluding hydrogens is 218 g/mol. The van der Waals surface area contributed by atoms with Gasteiger partial charge in [0, 0.05) is 6.54 Å². The quantitative estimate of drug-likeness (QED) is 0.718. The first kappa shape index (κ1) is 12.3. The Balaban J connectivity index is 2.42. The van der Waals surface area contributed by atoms with E-state index < -0.39 is 5.97 Å². The summed E-state index contributed by atoms with van der Waals surface area (Å²) in [5.74, 6) is -1.30. The first-order chi connectivity index (χ1) is 7.15. The molecule has 2 N–H and O–H groups in total. The number of rotatable bonds is 4. The largest absolute Gasteiger partial charge is 0.481 e. The molecule has 15 heavy (non-hydrogen) atoms. The summed E-state index contributed by atoms with van der Waals surface area (Å²) in [6.45, 7) is 0.433. The number of amides is 1. The molecule has 0 aliphatic heterocycles. The Kier molecular flexibility index (Phi) is 4.88. The maximum atomic E-state index is 10.9. The average molecular weight is 234 g/mol. The first-order valence-corrected chi connectivity index (χ1v) is 5.74. The van der Waals surface area contributed by atoms with Crippen LogP contribution < -0.4 is 5.32 Å². The van der Waals surface area contributed by atoms with E-state index in [9.17, 15) is 9.59 Å². The van der Waals surface area contributed by atoms with E-state index in [0.29, 0.717) is 6.54 Å². The van der Waals surface area contributed by atoms with Crippen LogP contribution in [0, 0.1) is 11.8 Å². The zero-order valence-electron chi connectivity index (χ0n) is 8.54. The van der Waals surface area contributed by atoms with Gasteiger partial charge in [0.2, 0.25) is 5.91 Å². The molecule has 1 saturated carbocycles. The number of carboxylic acid groups (broad SMARTS) is 1. The summed E-state index contributed by atoms with van der Waals surface area (Å²) < 4.78 is 0. The molecule has 4 nitrogen and oxygen atoms in total. The Morgan fingerprint density at radius 3 is 2.60 bits per heavy atom. The van der Waals surface area contributed by atoms with Gasteiger partial charge in [-0.3, -0.25) is 9.59 Å². The molecule has 0 aromatic rings. The molecule has 0 heterocycles. The summed E-state index contributed by atoms with van der Waals surface area (Å²) in [4.78, 5) is 21.9. The highest BCUT2D eigenvalue weighted by molar-refractivity contribution is 6.27. The van der Waals surface area contributed by atoms with Crippen molar-refractivity contribution in [1.82, 2.24) is 5.32 Å². The number of carboxylic acids is 1. The molecule has 0 radical (unpaired) electrons. The highest BCUT2D eigenvalue weighted by Gasteiger charge is 2.30. The van der Waals surface area contributed by atoms with Crippen molar-refractivity contribution in [3.05, 3.63) is 0 Å². The van der Waals surface area contributed by atoms with E-state index >= 15 is 0 Å². The molecule has 0 aromatic heterocycles. The van der Waals surface area contributed by atoms with Crippen LogP contribution in [0.5, 0.6) is 0 Å². The van der Waals surface area contributed by atoms with Crippen LogP contribution in [0.15, 0.2) is 0 Å². The van der Waals surface area contributed by atoms with E-state index in [-0.39, 0.29) is 23.6 Å². The van der Waals surface area contributed by atoms with Crippen LogP contribution in [0.25, 0.3) is 0 Å². The molecule has 0 aromatic carbocycles. The summed E-state index contributed by atoms with van der Waals surface area (Å²) in [5, 5.41) is 11.6. The third-order valence-corrected chi connectivity index (χ3v) is 3.15. The van der Waals surface area contributed by atoms with Crippen molar-refractivity contribution in [2.45, 2.75) is 25.7 Å². The fourth-order valence-electron chi connectivity index (χ4n) is 2.07. The lowest BCUT2D eigenvalue weighted by molar-refractivity contribution is -0.145. The second kappa shape index (κ2) is 5.95. The van der Waals surface area contributed by atoms with Gasteiger partial charge in [0.25, 0.3) is 0 Å². The number of hydrogen-bond donors (Lipinski definition) is 2. The van der Waals surface area contributed by atoms with Gasteiger partial charge in [-0.2, -0.15) is 0 Å². The van der Waals surface area contributed by atoms with E-state index in [2.05, 4.69) is 5.32 Å². The van der Waals surface area contributed by atoms with Crippen molar-refractivity contribution in [1.29, 1.82) is 0 Å². The fraction of sp³-hybridized carbons (Fsp3) is 0.800. The minimum atomic E-state index is -0.750. The van der Waals surface area contributed by atoms with E-state index in [1.165, 1.54) is 0 Å². The third-order valence-electron chi connectivity index (χ3n) is 2.91. The monoisotopic (exact) mass is 233 g/mol. The van der Waals surface area contributed by atoms with Crippen LogP contribution >= 0.6 is 11.6 Å². The average Bonchev–Trinajstić information content (AvgIpc) is 2.26. The van der Waals surface area contributed by atoms with E-state index in [0.717, 1.165) is 25.7 Å². The van der Waals surface area contributed by atoms with Crippen molar-refractivity contribution < 1.29 is 14.7 Å². The van der Waals surface area contributed by atoms with Gasteiger partial charge in [-0.1, -0.05) is 12.8 Å². The second-order valence-electron chi connectivity index (χ2n) is 3.93. The minimum Gasteiger partial charge on any atom is -0.481 e. The highest BCUT2D eigenvalue weighted by atomic mass is 35.5. The zero-order chi connectivity index (χ0) is 11.3. The Hall–Kier alpha value is -0.770. The number of halogens is 1. The standard InChI is InChI=1S/C10H16ClNO3/c11-5-9(13)12-6-7-3-1-2-4-8(7)10(14)15/h7-8H,1-6H2,(H,12,13)(H,14,15)/t7-,8-/m0/s1. The number of alkyl halides is 1. The number of hydrogen-bond acceptors (Lipinski definition) is 2. The van der Waals surface area contributed by atoms with Gasteiger partial charge in [0.05, 0.1) is 5.92 Å². The summed E-state index contributed by atoms with van der Waals surface area (Å²) in [7, 11) is 0. The lowest BCUT2D eigenvalue weighted by atomic mass is 9.79. The van der Waals surface area contributed by atoms with Crippen LogP contribution in [0.2, 0.25) is 0 Å². The number of carbonyl (C=O) groups is 2. The molecule has 5 heteroatoms. The Bertz CT molecular complexity index is 245. The normalized spacial score (nSPS) is 25.9. The van der Waals surface area contributed by atoms with Crippen molar-refractivity contribution in [2.75, 3.05) is 12.4 Å². The third kappa shape index (κ3) is 3.70. The lowest BCUT2D eigenvalue weighted by Crippen LogP contribution is -2.37. The zero-order valence-corrected chi connectivity index (χ0v) is 9.29. The smallest absolute Gasteiger partial charge is 0.306 e. The number of aliphatic carboxylic acids is 1.